The lowest BCUT2D eigenvalue weighted by atomic mass is 10.1. The third-order valence-electron chi connectivity index (χ3n) is 3.14. The molecule has 0 saturated heterocycles. The molecule has 3 aromatic rings. The van der Waals surface area contributed by atoms with E-state index in [1.165, 1.54) is 18.4 Å². The number of hydrogen-bond donors (Lipinski definition) is 0. The predicted molar refractivity (Wildman–Crippen MR) is 84.7 cm³/mol. The molecule has 0 fully saturated rings. The first-order chi connectivity index (χ1) is 10.7. The summed E-state index contributed by atoms with van der Waals surface area (Å²) < 4.78 is 4.88. The second-order valence-corrected chi connectivity index (χ2v) is 5.59. The number of esters is 1. The number of carbonyl (C=O) groups is 1. The van der Waals surface area contributed by atoms with Gasteiger partial charge in [0.25, 0.3) is 0 Å². The summed E-state index contributed by atoms with van der Waals surface area (Å²) in [6.45, 7) is 1.96. The fraction of sp³-hybridized carbons (Fsp3) is 0.125. The standard InChI is InChI=1S/C16H13N3O2S/c1-10-5-11(8-17-7-10)14-6-12(16(20)21-2)13(9-19-14)15-18-3-4-22-15/h3-9H,1-2H3. The Balaban J connectivity index is 2.14. The fourth-order valence-corrected chi connectivity index (χ4v) is 2.78. The van der Waals surface area contributed by atoms with Crippen LogP contribution in [-0.4, -0.2) is 28.0 Å². The summed E-state index contributed by atoms with van der Waals surface area (Å²) in [6, 6.07) is 3.69. The van der Waals surface area contributed by atoms with Gasteiger partial charge in [-0.05, 0) is 24.6 Å². The van der Waals surface area contributed by atoms with Crippen LogP contribution in [0.2, 0.25) is 0 Å². The minimum absolute atomic E-state index is 0.408. The highest BCUT2D eigenvalue weighted by atomic mass is 32.1. The summed E-state index contributed by atoms with van der Waals surface area (Å²) in [6.07, 6.45) is 6.84. The summed E-state index contributed by atoms with van der Waals surface area (Å²) in [4.78, 5) is 24.9. The van der Waals surface area contributed by atoms with E-state index in [9.17, 15) is 4.79 Å². The molecule has 6 heteroatoms. The van der Waals surface area contributed by atoms with Gasteiger partial charge in [0.2, 0.25) is 0 Å². The molecule has 5 nitrogen and oxygen atoms in total. The second-order valence-electron chi connectivity index (χ2n) is 4.69. The first kappa shape index (κ1) is 14.3. The van der Waals surface area contributed by atoms with Gasteiger partial charge in [0, 0.05) is 41.3 Å². The zero-order chi connectivity index (χ0) is 15.5. The Morgan fingerprint density at radius 2 is 2.05 bits per heavy atom. The van der Waals surface area contributed by atoms with Crippen LogP contribution in [0.4, 0.5) is 0 Å². The number of rotatable bonds is 3. The number of aryl methyl sites for hydroxylation is 1. The Hall–Kier alpha value is -2.60. The van der Waals surface area contributed by atoms with Gasteiger partial charge in [-0.3, -0.25) is 9.97 Å². The maximum Gasteiger partial charge on any atom is 0.338 e. The number of methoxy groups -OCH3 is 1. The van der Waals surface area contributed by atoms with Crippen molar-refractivity contribution in [1.29, 1.82) is 0 Å². The largest absolute Gasteiger partial charge is 0.465 e. The van der Waals surface area contributed by atoms with Crippen molar-refractivity contribution in [3.8, 4) is 21.8 Å². The molecule has 3 heterocycles. The Bertz CT molecular complexity index is 816. The van der Waals surface area contributed by atoms with E-state index in [1.54, 1.807) is 30.9 Å². The second kappa shape index (κ2) is 6.03. The van der Waals surface area contributed by atoms with Gasteiger partial charge in [0.15, 0.2) is 0 Å². The van der Waals surface area contributed by atoms with E-state index in [1.807, 2.05) is 18.4 Å². The SMILES string of the molecule is COC(=O)c1cc(-c2cncc(C)c2)ncc1-c1nccs1. The van der Waals surface area contributed by atoms with Crippen LogP contribution in [0.15, 0.2) is 42.3 Å². The number of nitrogens with zero attached hydrogens (tertiary/aromatic N) is 3. The maximum atomic E-state index is 12.1. The molecule has 0 bridgehead atoms. The fourth-order valence-electron chi connectivity index (χ4n) is 2.11. The number of carbonyl (C=O) groups excluding carboxylic acids is 1. The monoisotopic (exact) mass is 311 g/mol. The Labute approximate surface area is 131 Å². The van der Waals surface area contributed by atoms with Crippen LogP contribution in [0, 0.1) is 6.92 Å². The molecule has 0 aromatic carbocycles. The molecule has 0 aliphatic carbocycles. The van der Waals surface area contributed by atoms with Gasteiger partial charge in [-0.1, -0.05) is 0 Å². The summed E-state index contributed by atoms with van der Waals surface area (Å²) in [5.41, 5.74) is 3.69. The Morgan fingerprint density at radius 3 is 2.73 bits per heavy atom. The third kappa shape index (κ3) is 2.73. The molecule has 3 aromatic heterocycles. The molecule has 0 spiro atoms. The number of hydrogen-bond acceptors (Lipinski definition) is 6. The normalized spacial score (nSPS) is 10.5. The van der Waals surface area contributed by atoms with Gasteiger partial charge in [-0.2, -0.15) is 0 Å². The average Bonchev–Trinajstić information content (AvgIpc) is 3.08. The topological polar surface area (TPSA) is 65.0 Å². The summed E-state index contributed by atoms with van der Waals surface area (Å²) in [7, 11) is 1.36. The first-order valence-corrected chi connectivity index (χ1v) is 7.47. The average molecular weight is 311 g/mol. The highest BCUT2D eigenvalue weighted by Gasteiger charge is 2.17. The Kier molecular flexibility index (Phi) is 3.93. The van der Waals surface area contributed by atoms with Gasteiger partial charge >= 0.3 is 5.97 Å². The molecular formula is C16H13N3O2S. The highest BCUT2D eigenvalue weighted by Crippen LogP contribution is 2.28. The quantitative estimate of drug-likeness (QED) is 0.694. The van der Waals surface area contributed by atoms with Gasteiger partial charge in [0.1, 0.15) is 5.01 Å². The van der Waals surface area contributed by atoms with Crippen LogP contribution >= 0.6 is 11.3 Å². The Morgan fingerprint density at radius 1 is 1.18 bits per heavy atom. The molecule has 0 saturated carbocycles. The van der Waals surface area contributed by atoms with Crippen molar-refractivity contribution < 1.29 is 9.53 Å². The number of aromatic nitrogens is 3. The van der Waals surface area contributed by atoms with Crippen LogP contribution in [0.5, 0.6) is 0 Å². The molecule has 110 valence electrons. The highest BCUT2D eigenvalue weighted by molar-refractivity contribution is 7.13. The number of ether oxygens (including phenoxy) is 1. The summed E-state index contributed by atoms with van der Waals surface area (Å²) >= 11 is 1.45. The van der Waals surface area contributed by atoms with E-state index in [0.717, 1.165) is 16.1 Å². The first-order valence-electron chi connectivity index (χ1n) is 6.59. The van der Waals surface area contributed by atoms with Crippen molar-refractivity contribution in [2.75, 3.05) is 7.11 Å². The van der Waals surface area contributed by atoms with E-state index in [2.05, 4.69) is 15.0 Å². The van der Waals surface area contributed by atoms with E-state index in [-0.39, 0.29) is 0 Å². The molecule has 0 aliphatic rings. The smallest absolute Gasteiger partial charge is 0.338 e. The lowest BCUT2D eigenvalue weighted by molar-refractivity contribution is 0.0601. The van der Waals surface area contributed by atoms with Gasteiger partial charge < -0.3 is 4.74 Å². The van der Waals surface area contributed by atoms with Crippen molar-refractivity contribution in [3.63, 3.8) is 0 Å². The summed E-state index contributed by atoms with van der Waals surface area (Å²) in [5, 5.41) is 2.59. The van der Waals surface area contributed by atoms with Crippen LogP contribution in [-0.2, 0) is 4.74 Å². The lowest BCUT2D eigenvalue weighted by Gasteiger charge is -2.08. The lowest BCUT2D eigenvalue weighted by Crippen LogP contribution is -2.05. The molecule has 22 heavy (non-hydrogen) atoms. The van der Waals surface area contributed by atoms with E-state index >= 15 is 0 Å². The predicted octanol–water partition coefficient (Wildman–Crippen LogP) is 3.36. The van der Waals surface area contributed by atoms with Gasteiger partial charge in [-0.25, -0.2) is 9.78 Å². The van der Waals surface area contributed by atoms with Gasteiger partial charge in [-0.15, -0.1) is 11.3 Å². The van der Waals surface area contributed by atoms with Crippen molar-refractivity contribution >= 4 is 17.3 Å². The van der Waals surface area contributed by atoms with Gasteiger partial charge in [0.05, 0.1) is 18.4 Å². The molecule has 0 unspecified atom stereocenters. The van der Waals surface area contributed by atoms with Crippen molar-refractivity contribution in [3.05, 3.63) is 53.4 Å². The van der Waals surface area contributed by atoms with Crippen molar-refractivity contribution in [2.24, 2.45) is 0 Å². The van der Waals surface area contributed by atoms with Crippen LogP contribution in [0.3, 0.4) is 0 Å². The van der Waals surface area contributed by atoms with Crippen molar-refractivity contribution in [1.82, 2.24) is 15.0 Å². The summed E-state index contributed by atoms with van der Waals surface area (Å²) in [5.74, 6) is -0.408. The van der Waals surface area contributed by atoms with E-state index < -0.39 is 5.97 Å². The zero-order valence-corrected chi connectivity index (χ0v) is 12.9. The molecule has 0 radical (unpaired) electrons. The molecule has 0 aliphatic heterocycles. The van der Waals surface area contributed by atoms with E-state index in [4.69, 9.17) is 4.74 Å². The number of thiazole rings is 1. The third-order valence-corrected chi connectivity index (χ3v) is 3.95. The maximum absolute atomic E-state index is 12.1. The zero-order valence-electron chi connectivity index (χ0n) is 12.1. The minimum atomic E-state index is -0.408. The van der Waals surface area contributed by atoms with Crippen LogP contribution in [0.1, 0.15) is 15.9 Å². The molecule has 0 N–H and O–H groups in total. The molecule has 0 atom stereocenters. The van der Waals surface area contributed by atoms with Crippen LogP contribution < -0.4 is 0 Å². The minimum Gasteiger partial charge on any atom is -0.465 e. The van der Waals surface area contributed by atoms with Crippen LogP contribution in [0.25, 0.3) is 21.8 Å². The molecule has 0 amide bonds. The molecular weight excluding hydrogens is 298 g/mol. The van der Waals surface area contributed by atoms with Crippen molar-refractivity contribution in [2.45, 2.75) is 6.92 Å². The van der Waals surface area contributed by atoms with E-state index in [0.29, 0.717) is 16.8 Å². The number of pyridine rings is 2. The molecule has 3 rings (SSSR count).